The van der Waals surface area contributed by atoms with Crippen LogP contribution < -0.4 is 4.74 Å². The average molecular weight is 284 g/mol. The van der Waals surface area contributed by atoms with E-state index in [0.717, 1.165) is 17.7 Å². The molecule has 0 bridgehead atoms. The largest absolute Gasteiger partial charge is 0.497 e. The maximum atomic E-state index is 12.0. The summed E-state index contributed by atoms with van der Waals surface area (Å²) in [4.78, 5) is 12.0. The van der Waals surface area contributed by atoms with Crippen LogP contribution in [0, 0.1) is 0 Å². The van der Waals surface area contributed by atoms with E-state index in [1.165, 1.54) is 5.56 Å². The van der Waals surface area contributed by atoms with E-state index < -0.39 is 0 Å². The lowest BCUT2D eigenvalue weighted by Gasteiger charge is -2.06. The van der Waals surface area contributed by atoms with E-state index in [4.69, 9.17) is 9.47 Å². The fourth-order valence-corrected chi connectivity index (χ4v) is 1.99. The molecule has 3 nitrogen and oxygen atoms in total. The predicted octanol–water partition coefficient (Wildman–Crippen LogP) is 3.66. The lowest BCUT2D eigenvalue weighted by molar-refractivity contribution is 0.0726. The number of aryl methyl sites for hydroxylation is 1. The van der Waals surface area contributed by atoms with Crippen LogP contribution in [0.25, 0.3) is 0 Å². The third-order valence-corrected chi connectivity index (χ3v) is 3.35. The zero-order chi connectivity index (χ0) is 15.1. The molecule has 0 spiro atoms. The van der Waals surface area contributed by atoms with Crippen molar-refractivity contribution < 1.29 is 14.3 Å². The SMILES string of the molecule is CCc1ccc(C(=O)COCc2ccc(OC)cc2)cc1. The van der Waals surface area contributed by atoms with Crippen LogP contribution in [0.5, 0.6) is 5.75 Å². The molecular formula is C18H20O3. The van der Waals surface area contributed by atoms with E-state index in [1.807, 2.05) is 48.5 Å². The Morgan fingerprint density at radius 3 is 2.14 bits per heavy atom. The molecule has 0 aromatic heterocycles. The number of carbonyl (C=O) groups excluding carboxylic acids is 1. The van der Waals surface area contributed by atoms with Gasteiger partial charge in [-0.2, -0.15) is 0 Å². The van der Waals surface area contributed by atoms with Gasteiger partial charge in [-0.1, -0.05) is 43.3 Å². The molecule has 0 atom stereocenters. The van der Waals surface area contributed by atoms with Gasteiger partial charge < -0.3 is 9.47 Å². The molecule has 0 aliphatic heterocycles. The number of carbonyl (C=O) groups is 1. The van der Waals surface area contributed by atoms with Crippen LogP contribution in [-0.4, -0.2) is 19.5 Å². The summed E-state index contributed by atoms with van der Waals surface area (Å²) in [5, 5.41) is 0. The summed E-state index contributed by atoms with van der Waals surface area (Å²) in [5.41, 5.74) is 2.94. The van der Waals surface area contributed by atoms with Crippen molar-refractivity contribution in [3.8, 4) is 5.75 Å². The van der Waals surface area contributed by atoms with E-state index in [9.17, 15) is 4.79 Å². The van der Waals surface area contributed by atoms with Crippen molar-refractivity contribution >= 4 is 5.78 Å². The van der Waals surface area contributed by atoms with Gasteiger partial charge in [0.1, 0.15) is 12.4 Å². The highest BCUT2D eigenvalue weighted by Crippen LogP contribution is 2.12. The molecule has 0 amide bonds. The summed E-state index contributed by atoms with van der Waals surface area (Å²) >= 11 is 0. The van der Waals surface area contributed by atoms with Gasteiger partial charge in [0.05, 0.1) is 13.7 Å². The van der Waals surface area contributed by atoms with Crippen LogP contribution in [0.1, 0.15) is 28.4 Å². The highest BCUT2D eigenvalue weighted by molar-refractivity contribution is 5.97. The molecule has 2 aromatic carbocycles. The monoisotopic (exact) mass is 284 g/mol. The van der Waals surface area contributed by atoms with Crippen LogP contribution in [0.15, 0.2) is 48.5 Å². The number of methoxy groups -OCH3 is 1. The number of benzene rings is 2. The molecule has 110 valence electrons. The quantitative estimate of drug-likeness (QED) is 0.728. The van der Waals surface area contributed by atoms with Crippen LogP contribution in [0.4, 0.5) is 0 Å². The van der Waals surface area contributed by atoms with E-state index >= 15 is 0 Å². The van der Waals surface area contributed by atoms with Crippen molar-refractivity contribution in [2.75, 3.05) is 13.7 Å². The Labute approximate surface area is 125 Å². The van der Waals surface area contributed by atoms with Crippen LogP contribution in [-0.2, 0) is 17.8 Å². The lowest BCUT2D eigenvalue weighted by atomic mass is 10.1. The van der Waals surface area contributed by atoms with Crippen LogP contribution in [0.2, 0.25) is 0 Å². The molecule has 0 aliphatic rings. The maximum absolute atomic E-state index is 12.0. The Morgan fingerprint density at radius 2 is 1.57 bits per heavy atom. The molecular weight excluding hydrogens is 264 g/mol. The van der Waals surface area contributed by atoms with Crippen molar-refractivity contribution in [1.82, 2.24) is 0 Å². The summed E-state index contributed by atoms with van der Waals surface area (Å²) in [6.07, 6.45) is 0.975. The maximum Gasteiger partial charge on any atom is 0.188 e. The first kappa shape index (κ1) is 15.3. The number of Topliss-reactive ketones (excluding diaryl/α,β-unsaturated/α-hetero) is 1. The molecule has 0 saturated carbocycles. The van der Waals surface area contributed by atoms with Crippen molar-refractivity contribution in [3.63, 3.8) is 0 Å². The van der Waals surface area contributed by atoms with Crippen molar-refractivity contribution in [1.29, 1.82) is 0 Å². The molecule has 0 saturated heterocycles. The molecule has 0 radical (unpaired) electrons. The van der Waals surface area contributed by atoms with E-state index in [1.54, 1.807) is 7.11 Å². The number of rotatable bonds is 7. The van der Waals surface area contributed by atoms with Gasteiger partial charge in [-0.3, -0.25) is 4.79 Å². The normalized spacial score (nSPS) is 10.4. The number of ether oxygens (including phenoxy) is 2. The van der Waals surface area contributed by atoms with Gasteiger partial charge in [-0.25, -0.2) is 0 Å². The van der Waals surface area contributed by atoms with Crippen molar-refractivity contribution in [2.45, 2.75) is 20.0 Å². The Bertz CT molecular complexity index is 570. The summed E-state index contributed by atoms with van der Waals surface area (Å²) in [5.74, 6) is 0.817. The third-order valence-electron chi connectivity index (χ3n) is 3.35. The molecule has 0 fully saturated rings. The summed E-state index contributed by atoms with van der Waals surface area (Å²) in [7, 11) is 1.63. The number of ketones is 1. The molecule has 2 aromatic rings. The van der Waals surface area contributed by atoms with Gasteiger partial charge in [-0.15, -0.1) is 0 Å². The summed E-state index contributed by atoms with van der Waals surface area (Å²) in [6, 6.07) is 15.3. The standard InChI is InChI=1S/C18H20O3/c1-3-14-4-8-16(9-5-14)18(19)13-21-12-15-6-10-17(20-2)11-7-15/h4-11H,3,12-13H2,1-2H3. The zero-order valence-electron chi connectivity index (χ0n) is 12.5. The zero-order valence-corrected chi connectivity index (χ0v) is 12.5. The minimum absolute atomic E-state index is 0.00571. The Balaban J connectivity index is 1.82. The number of hydrogen-bond donors (Lipinski definition) is 0. The Kier molecular flexibility index (Phi) is 5.52. The topological polar surface area (TPSA) is 35.5 Å². The lowest BCUT2D eigenvalue weighted by Crippen LogP contribution is -2.09. The molecule has 0 aliphatic carbocycles. The molecule has 2 rings (SSSR count). The Hall–Kier alpha value is -2.13. The van der Waals surface area contributed by atoms with Crippen LogP contribution >= 0.6 is 0 Å². The molecule has 0 N–H and O–H groups in total. The van der Waals surface area contributed by atoms with E-state index in [0.29, 0.717) is 12.2 Å². The Morgan fingerprint density at radius 1 is 0.952 bits per heavy atom. The molecule has 0 heterocycles. The van der Waals surface area contributed by atoms with Gasteiger partial charge in [0.25, 0.3) is 0 Å². The molecule has 0 unspecified atom stereocenters. The number of hydrogen-bond acceptors (Lipinski definition) is 3. The third kappa shape index (κ3) is 4.43. The van der Waals surface area contributed by atoms with Crippen molar-refractivity contribution in [2.24, 2.45) is 0 Å². The smallest absolute Gasteiger partial charge is 0.188 e. The molecule has 21 heavy (non-hydrogen) atoms. The fourth-order valence-electron chi connectivity index (χ4n) is 1.99. The summed E-state index contributed by atoms with van der Waals surface area (Å²) < 4.78 is 10.6. The fraction of sp³-hybridized carbons (Fsp3) is 0.278. The predicted molar refractivity (Wildman–Crippen MR) is 82.8 cm³/mol. The van der Waals surface area contributed by atoms with Gasteiger partial charge in [0, 0.05) is 5.56 Å². The van der Waals surface area contributed by atoms with Crippen LogP contribution in [0.3, 0.4) is 0 Å². The second-order valence-corrected chi connectivity index (χ2v) is 4.81. The van der Waals surface area contributed by atoms with Gasteiger partial charge in [0.2, 0.25) is 0 Å². The van der Waals surface area contributed by atoms with Gasteiger partial charge in [0.15, 0.2) is 5.78 Å². The second-order valence-electron chi connectivity index (χ2n) is 4.81. The first-order valence-corrected chi connectivity index (χ1v) is 7.05. The highest BCUT2D eigenvalue weighted by atomic mass is 16.5. The molecule has 3 heteroatoms. The minimum atomic E-state index is 0.00571. The second kappa shape index (κ2) is 7.60. The van der Waals surface area contributed by atoms with E-state index in [-0.39, 0.29) is 12.4 Å². The average Bonchev–Trinajstić information content (AvgIpc) is 2.55. The van der Waals surface area contributed by atoms with Crippen molar-refractivity contribution in [3.05, 3.63) is 65.2 Å². The van der Waals surface area contributed by atoms with Gasteiger partial charge in [-0.05, 0) is 29.7 Å². The van der Waals surface area contributed by atoms with Gasteiger partial charge >= 0.3 is 0 Å². The first-order chi connectivity index (χ1) is 10.2. The summed E-state index contributed by atoms with van der Waals surface area (Å²) in [6.45, 7) is 2.61. The first-order valence-electron chi connectivity index (χ1n) is 7.05. The highest BCUT2D eigenvalue weighted by Gasteiger charge is 2.06. The van der Waals surface area contributed by atoms with E-state index in [2.05, 4.69) is 6.92 Å². The minimum Gasteiger partial charge on any atom is -0.497 e.